The summed E-state index contributed by atoms with van der Waals surface area (Å²) in [5, 5.41) is 0. The van der Waals surface area contributed by atoms with Crippen molar-refractivity contribution in [2.24, 2.45) is 0 Å². The fourth-order valence-corrected chi connectivity index (χ4v) is 3.53. The number of hydrogen-bond donors (Lipinski definition) is 0. The van der Waals surface area contributed by atoms with Crippen molar-refractivity contribution in [3.63, 3.8) is 0 Å². The van der Waals surface area contributed by atoms with Gasteiger partial charge in [0.25, 0.3) is 0 Å². The van der Waals surface area contributed by atoms with Gasteiger partial charge in [-0.25, -0.2) is 0 Å². The minimum atomic E-state index is -0.0198. The zero-order chi connectivity index (χ0) is 13.4. The SMILES string of the molecule is Cc1ccc2c(c1)C(c1cc(C=O)sc1C)OCC2. The first-order valence-corrected chi connectivity index (χ1v) is 7.27. The lowest BCUT2D eigenvalue weighted by Crippen LogP contribution is -2.17. The summed E-state index contributed by atoms with van der Waals surface area (Å²) in [6.45, 7) is 4.90. The van der Waals surface area contributed by atoms with Crippen LogP contribution in [0.1, 0.15) is 42.9 Å². The second-order valence-electron chi connectivity index (χ2n) is 4.98. The van der Waals surface area contributed by atoms with Gasteiger partial charge in [-0.05, 0) is 43.0 Å². The number of hydrogen-bond acceptors (Lipinski definition) is 3. The first-order chi connectivity index (χ1) is 9.19. The van der Waals surface area contributed by atoms with E-state index in [4.69, 9.17) is 4.74 Å². The summed E-state index contributed by atoms with van der Waals surface area (Å²) in [7, 11) is 0. The van der Waals surface area contributed by atoms with E-state index < -0.39 is 0 Å². The molecule has 98 valence electrons. The molecule has 1 aromatic heterocycles. The first-order valence-electron chi connectivity index (χ1n) is 6.45. The van der Waals surface area contributed by atoms with E-state index in [1.165, 1.54) is 32.9 Å². The number of fused-ring (bicyclic) bond motifs is 1. The number of aryl methyl sites for hydroxylation is 2. The molecule has 3 rings (SSSR count). The maximum absolute atomic E-state index is 10.9. The first kappa shape index (κ1) is 12.6. The smallest absolute Gasteiger partial charge is 0.160 e. The molecule has 2 nitrogen and oxygen atoms in total. The van der Waals surface area contributed by atoms with Crippen molar-refractivity contribution >= 4 is 17.6 Å². The topological polar surface area (TPSA) is 26.3 Å². The summed E-state index contributed by atoms with van der Waals surface area (Å²) in [6.07, 6.45) is 1.87. The molecule has 0 N–H and O–H groups in total. The third-order valence-corrected chi connectivity index (χ3v) is 4.61. The second kappa shape index (κ2) is 4.91. The third kappa shape index (κ3) is 2.24. The van der Waals surface area contributed by atoms with Crippen LogP contribution in [-0.2, 0) is 11.2 Å². The Labute approximate surface area is 117 Å². The van der Waals surface area contributed by atoms with E-state index in [0.717, 1.165) is 29.8 Å². The molecule has 0 saturated carbocycles. The monoisotopic (exact) mass is 272 g/mol. The summed E-state index contributed by atoms with van der Waals surface area (Å²) in [4.78, 5) is 12.9. The van der Waals surface area contributed by atoms with E-state index in [-0.39, 0.29) is 6.10 Å². The van der Waals surface area contributed by atoms with Crippen LogP contribution in [-0.4, -0.2) is 12.9 Å². The number of thiophene rings is 1. The molecule has 1 aromatic carbocycles. The Hall–Kier alpha value is -1.45. The summed E-state index contributed by atoms with van der Waals surface area (Å²) in [6, 6.07) is 8.52. The van der Waals surface area contributed by atoms with Crippen molar-refractivity contribution in [1.29, 1.82) is 0 Å². The van der Waals surface area contributed by atoms with Gasteiger partial charge in [-0.15, -0.1) is 11.3 Å². The molecule has 1 atom stereocenters. The van der Waals surface area contributed by atoms with E-state index in [1.807, 2.05) is 6.07 Å². The van der Waals surface area contributed by atoms with Gasteiger partial charge >= 0.3 is 0 Å². The van der Waals surface area contributed by atoms with Crippen LogP contribution in [0.3, 0.4) is 0 Å². The summed E-state index contributed by atoms with van der Waals surface area (Å²) < 4.78 is 5.97. The Balaban J connectivity index is 2.09. The Morgan fingerprint density at radius 2 is 2.11 bits per heavy atom. The fourth-order valence-electron chi connectivity index (χ4n) is 2.66. The standard InChI is InChI=1S/C16H16O2S/c1-10-3-4-12-5-6-18-16(15(12)7-10)14-8-13(9-17)19-11(14)2/h3-4,7-9,16H,5-6H2,1-2H3. The van der Waals surface area contributed by atoms with Gasteiger partial charge in [0.05, 0.1) is 11.5 Å². The minimum absolute atomic E-state index is 0.0198. The number of carbonyl (C=O) groups excluding carboxylic acids is 1. The summed E-state index contributed by atoms with van der Waals surface area (Å²) in [5.74, 6) is 0. The Bertz CT molecular complexity index is 628. The zero-order valence-corrected chi connectivity index (χ0v) is 11.9. The normalized spacial score (nSPS) is 18.1. The Kier molecular flexibility index (Phi) is 3.25. The van der Waals surface area contributed by atoms with E-state index in [1.54, 1.807) is 0 Å². The van der Waals surface area contributed by atoms with Crippen molar-refractivity contribution in [2.45, 2.75) is 26.4 Å². The number of rotatable bonds is 2. The van der Waals surface area contributed by atoms with Crippen LogP contribution in [0.5, 0.6) is 0 Å². The highest BCUT2D eigenvalue weighted by Gasteiger charge is 2.25. The van der Waals surface area contributed by atoms with Gasteiger partial charge in [0, 0.05) is 4.88 Å². The Morgan fingerprint density at radius 3 is 2.84 bits per heavy atom. The molecule has 0 saturated heterocycles. The Morgan fingerprint density at radius 1 is 1.26 bits per heavy atom. The molecule has 2 heterocycles. The molecule has 1 aliphatic heterocycles. The number of ether oxygens (including phenoxy) is 1. The molecular weight excluding hydrogens is 256 g/mol. The van der Waals surface area contributed by atoms with Crippen molar-refractivity contribution < 1.29 is 9.53 Å². The van der Waals surface area contributed by atoms with Gasteiger partial charge in [0.15, 0.2) is 6.29 Å². The molecule has 0 spiro atoms. The van der Waals surface area contributed by atoms with Crippen LogP contribution >= 0.6 is 11.3 Å². The molecule has 0 radical (unpaired) electrons. The summed E-state index contributed by atoms with van der Waals surface area (Å²) in [5.41, 5.74) is 5.00. The molecule has 3 heteroatoms. The van der Waals surface area contributed by atoms with E-state index in [2.05, 4.69) is 32.0 Å². The molecule has 19 heavy (non-hydrogen) atoms. The van der Waals surface area contributed by atoms with Crippen LogP contribution in [0, 0.1) is 13.8 Å². The predicted molar refractivity (Wildman–Crippen MR) is 77.1 cm³/mol. The zero-order valence-electron chi connectivity index (χ0n) is 11.1. The van der Waals surface area contributed by atoms with Gasteiger partial charge < -0.3 is 4.74 Å². The van der Waals surface area contributed by atoms with Gasteiger partial charge in [-0.1, -0.05) is 23.8 Å². The van der Waals surface area contributed by atoms with Crippen LogP contribution < -0.4 is 0 Å². The van der Waals surface area contributed by atoms with Crippen molar-refractivity contribution in [3.8, 4) is 0 Å². The molecule has 2 aromatic rings. The number of aldehydes is 1. The number of benzene rings is 1. The van der Waals surface area contributed by atoms with E-state index in [0.29, 0.717) is 0 Å². The van der Waals surface area contributed by atoms with Gasteiger partial charge in [0.1, 0.15) is 6.10 Å². The average molecular weight is 272 g/mol. The third-order valence-electron chi connectivity index (χ3n) is 3.61. The van der Waals surface area contributed by atoms with Crippen LogP contribution in [0.4, 0.5) is 0 Å². The molecule has 0 fully saturated rings. The summed E-state index contributed by atoms with van der Waals surface area (Å²) >= 11 is 1.54. The molecule has 1 unspecified atom stereocenters. The average Bonchev–Trinajstić information content (AvgIpc) is 2.79. The second-order valence-corrected chi connectivity index (χ2v) is 6.27. The molecule has 0 amide bonds. The van der Waals surface area contributed by atoms with Crippen LogP contribution in [0.2, 0.25) is 0 Å². The molecule has 1 aliphatic rings. The largest absolute Gasteiger partial charge is 0.368 e. The van der Waals surface area contributed by atoms with Crippen molar-refractivity contribution in [2.75, 3.05) is 6.61 Å². The van der Waals surface area contributed by atoms with Crippen LogP contribution in [0.25, 0.3) is 0 Å². The predicted octanol–water partition coefficient (Wildman–Crippen LogP) is 3.84. The van der Waals surface area contributed by atoms with Gasteiger partial charge in [0.2, 0.25) is 0 Å². The lowest BCUT2D eigenvalue weighted by atomic mass is 9.92. The maximum atomic E-state index is 10.9. The maximum Gasteiger partial charge on any atom is 0.160 e. The lowest BCUT2D eigenvalue weighted by Gasteiger charge is -2.26. The van der Waals surface area contributed by atoms with E-state index >= 15 is 0 Å². The molecule has 0 aliphatic carbocycles. The van der Waals surface area contributed by atoms with Crippen molar-refractivity contribution in [1.82, 2.24) is 0 Å². The quantitative estimate of drug-likeness (QED) is 0.776. The highest BCUT2D eigenvalue weighted by atomic mass is 32.1. The molecule has 0 bridgehead atoms. The number of carbonyl (C=O) groups is 1. The fraction of sp³-hybridized carbons (Fsp3) is 0.312. The molecular formula is C16H16O2S. The van der Waals surface area contributed by atoms with E-state index in [9.17, 15) is 4.79 Å². The van der Waals surface area contributed by atoms with Crippen molar-refractivity contribution in [3.05, 3.63) is 56.3 Å². The highest BCUT2D eigenvalue weighted by Crippen LogP contribution is 2.37. The van der Waals surface area contributed by atoms with Gasteiger partial charge in [-0.3, -0.25) is 4.79 Å². The van der Waals surface area contributed by atoms with Crippen LogP contribution in [0.15, 0.2) is 24.3 Å². The lowest BCUT2D eigenvalue weighted by molar-refractivity contribution is 0.0697. The minimum Gasteiger partial charge on any atom is -0.368 e. The highest BCUT2D eigenvalue weighted by molar-refractivity contribution is 7.13. The van der Waals surface area contributed by atoms with Gasteiger partial charge in [-0.2, -0.15) is 0 Å².